The molecule has 1 atom stereocenters. The first-order valence-corrected chi connectivity index (χ1v) is 10.9. The van der Waals surface area contributed by atoms with Crippen LogP contribution in [0.1, 0.15) is 43.0 Å². The van der Waals surface area contributed by atoms with Crippen molar-refractivity contribution in [1.82, 2.24) is 9.62 Å². The molecule has 2 heterocycles. The van der Waals surface area contributed by atoms with Crippen molar-refractivity contribution in [1.29, 1.82) is 0 Å². The second-order valence-corrected chi connectivity index (χ2v) is 9.23. The first-order valence-electron chi connectivity index (χ1n) is 9.50. The monoisotopic (exact) mass is 396 g/mol. The van der Waals surface area contributed by atoms with Crippen LogP contribution in [0.3, 0.4) is 0 Å². The third kappa shape index (κ3) is 4.62. The van der Waals surface area contributed by atoms with E-state index in [1.807, 2.05) is 0 Å². The lowest BCUT2D eigenvalue weighted by atomic mass is 10.0. The number of carbonyl (C=O) groups is 1. The summed E-state index contributed by atoms with van der Waals surface area (Å²) in [6.07, 6.45) is 3.63. The number of benzene rings is 1. The maximum atomic E-state index is 13.0. The van der Waals surface area contributed by atoms with Crippen LogP contribution in [0.25, 0.3) is 0 Å². The molecule has 7 nitrogen and oxygen atoms in total. The maximum Gasteiger partial charge on any atom is 0.255 e. The molecular formula is C19H28N2O5S. The highest BCUT2D eigenvalue weighted by Crippen LogP contribution is 2.27. The Morgan fingerprint density at radius 3 is 2.67 bits per heavy atom. The van der Waals surface area contributed by atoms with Gasteiger partial charge in [0.25, 0.3) is 5.91 Å². The molecule has 8 heteroatoms. The highest BCUT2D eigenvalue weighted by molar-refractivity contribution is 7.89. The number of hydrogen-bond donors (Lipinski definition) is 1. The Balaban J connectivity index is 1.78. The first-order chi connectivity index (χ1) is 12.9. The summed E-state index contributed by atoms with van der Waals surface area (Å²) in [6.45, 7) is 4.27. The predicted molar refractivity (Wildman–Crippen MR) is 101 cm³/mol. The van der Waals surface area contributed by atoms with Crippen LogP contribution >= 0.6 is 0 Å². The number of nitrogens with zero attached hydrogens (tertiary/aromatic N) is 1. The fourth-order valence-electron chi connectivity index (χ4n) is 3.51. The zero-order chi connectivity index (χ0) is 19.4. The number of methoxy groups -OCH3 is 1. The van der Waals surface area contributed by atoms with Gasteiger partial charge in [0.1, 0.15) is 5.75 Å². The van der Waals surface area contributed by atoms with Crippen molar-refractivity contribution >= 4 is 15.9 Å². The van der Waals surface area contributed by atoms with E-state index in [1.165, 1.54) is 23.5 Å². The van der Waals surface area contributed by atoms with Gasteiger partial charge in [-0.2, -0.15) is 4.31 Å². The van der Waals surface area contributed by atoms with E-state index in [1.54, 1.807) is 6.07 Å². The van der Waals surface area contributed by atoms with Crippen molar-refractivity contribution in [2.75, 3.05) is 33.4 Å². The lowest BCUT2D eigenvalue weighted by Crippen LogP contribution is -2.38. The molecule has 0 unspecified atom stereocenters. The lowest BCUT2D eigenvalue weighted by Gasteiger charge is -2.29. The highest BCUT2D eigenvalue weighted by atomic mass is 32.2. The van der Waals surface area contributed by atoms with Crippen molar-refractivity contribution in [2.24, 2.45) is 5.92 Å². The summed E-state index contributed by atoms with van der Waals surface area (Å²) in [5.74, 6) is 0.532. The van der Waals surface area contributed by atoms with Gasteiger partial charge in [0.15, 0.2) is 0 Å². The number of ether oxygens (including phenoxy) is 2. The number of sulfonamides is 1. The van der Waals surface area contributed by atoms with Gasteiger partial charge in [-0.05, 0) is 49.8 Å². The number of amides is 1. The Labute approximate surface area is 161 Å². The smallest absolute Gasteiger partial charge is 0.255 e. The zero-order valence-electron chi connectivity index (χ0n) is 15.9. The largest absolute Gasteiger partial charge is 0.496 e. The summed E-state index contributed by atoms with van der Waals surface area (Å²) >= 11 is 0. The number of hydrogen-bond acceptors (Lipinski definition) is 5. The first kappa shape index (κ1) is 20.1. The average molecular weight is 397 g/mol. The summed E-state index contributed by atoms with van der Waals surface area (Å²) in [5, 5.41) is 2.83. The number of piperidine rings is 1. The van der Waals surface area contributed by atoms with Crippen LogP contribution in [0.15, 0.2) is 23.1 Å². The Hall–Kier alpha value is -1.64. The molecule has 0 radical (unpaired) electrons. The van der Waals surface area contributed by atoms with E-state index in [0.29, 0.717) is 37.9 Å². The average Bonchev–Trinajstić information content (AvgIpc) is 3.19. The molecule has 1 aromatic rings. The topological polar surface area (TPSA) is 84.9 Å². The third-order valence-electron chi connectivity index (χ3n) is 5.31. The van der Waals surface area contributed by atoms with Gasteiger partial charge in [-0.15, -0.1) is 0 Å². The van der Waals surface area contributed by atoms with Gasteiger partial charge in [-0.25, -0.2) is 8.42 Å². The number of nitrogens with one attached hydrogen (secondary N) is 1. The lowest BCUT2D eigenvalue weighted by molar-refractivity contribution is 0.0855. The van der Waals surface area contributed by atoms with Gasteiger partial charge in [0.05, 0.1) is 23.7 Å². The van der Waals surface area contributed by atoms with Crippen molar-refractivity contribution < 1.29 is 22.7 Å². The molecular weight excluding hydrogens is 368 g/mol. The summed E-state index contributed by atoms with van der Waals surface area (Å²) < 4.78 is 38.2. The molecule has 0 spiro atoms. The molecule has 2 aliphatic rings. The SMILES string of the molecule is COc1ccc(S(=O)(=O)N2CCC(C)CC2)cc1C(=O)NC[C@@H]1CCCO1. The van der Waals surface area contributed by atoms with Gasteiger partial charge < -0.3 is 14.8 Å². The highest BCUT2D eigenvalue weighted by Gasteiger charge is 2.29. The van der Waals surface area contributed by atoms with E-state index in [9.17, 15) is 13.2 Å². The molecule has 1 N–H and O–H groups in total. The van der Waals surface area contributed by atoms with E-state index in [0.717, 1.165) is 25.7 Å². The van der Waals surface area contributed by atoms with Crippen LogP contribution < -0.4 is 10.1 Å². The molecule has 27 heavy (non-hydrogen) atoms. The Morgan fingerprint density at radius 1 is 1.30 bits per heavy atom. The Morgan fingerprint density at radius 2 is 2.04 bits per heavy atom. The molecule has 3 rings (SSSR count). The quantitative estimate of drug-likeness (QED) is 0.795. The molecule has 2 aliphatic heterocycles. The van der Waals surface area contributed by atoms with E-state index in [4.69, 9.17) is 9.47 Å². The molecule has 150 valence electrons. The van der Waals surface area contributed by atoms with Gasteiger partial charge in [0.2, 0.25) is 10.0 Å². The van der Waals surface area contributed by atoms with Crippen molar-refractivity contribution in [3.8, 4) is 5.75 Å². The fraction of sp³-hybridized carbons (Fsp3) is 0.632. The van der Waals surface area contributed by atoms with E-state index < -0.39 is 10.0 Å². The van der Waals surface area contributed by atoms with Crippen LogP contribution in [0.5, 0.6) is 5.75 Å². The number of rotatable bonds is 6. The van der Waals surface area contributed by atoms with E-state index in [-0.39, 0.29) is 22.5 Å². The van der Waals surface area contributed by atoms with Crippen LogP contribution in [0, 0.1) is 5.92 Å². The summed E-state index contributed by atoms with van der Waals surface area (Å²) in [4.78, 5) is 12.7. The van der Waals surface area contributed by atoms with Gasteiger partial charge >= 0.3 is 0 Å². The van der Waals surface area contributed by atoms with Crippen LogP contribution in [-0.4, -0.2) is 58.1 Å². The van der Waals surface area contributed by atoms with Gasteiger partial charge in [-0.1, -0.05) is 6.92 Å². The maximum absolute atomic E-state index is 13.0. The second kappa shape index (κ2) is 8.58. The molecule has 0 aromatic heterocycles. The van der Waals surface area contributed by atoms with E-state index >= 15 is 0 Å². The fourth-order valence-corrected chi connectivity index (χ4v) is 5.00. The molecule has 0 saturated carbocycles. The Kier molecular flexibility index (Phi) is 6.39. The second-order valence-electron chi connectivity index (χ2n) is 7.29. The minimum atomic E-state index is -3.62. The molecule has 0 bridgehead atoms. The third-order valence-corrected chi connectivity index (χ3v) is 7.20. The summed E-state index contributed by atoms with van der Waals surface area (Å²) in [5.41, 5.74) is 0.224. The van der Waals surface area contributed by atoms with Crippen molar-refractivity contribution in [3.05, 3.63) is 23.8 Å². The summed E-state index contributed by atoms with van der Waals surface area (Å²) in [7, 11) is -2.16. The van der Waals surface area contributed by atoms with Crippen LogP contribution in [0.4, 0.5) is 0 Å². The van der Waals surface area contributed by atoms with E-state index in [2.05, 4.69) is 12.2 Å². The minimum absolute atomic E-state index is 0.0159. The molecule has 2 fully saturated rings. The molecule has 1 aromatic carbocycles. The standard InChI is InChI=1S/C19H28N2O5S/c1-14-7-9-21(10-8-14)27(23,24)16-5-6-18(25-2)17(12-16)19(22)20-13-15-4-3-11-26-15/h5-6,12,14-15H,3-4,7-11,13H2,1-2H3,(H,20,22)/t15-/m0/s1. The molecule has 1 amide bonds. The van der Waals surface area contributed by atoms with Crippen molar-refractivity contribution in [2.45, 2.75) is 43.6 Å². The van der Waals surface area contributed by atoms with Crippen LogP contribution in [-0.2, 0) is 14.8 Å². The number of carbonyl (C=O) groups excluding carboxylic acids is 1. The van der Waals surface area contributed by atoms with Crippen molar-refractivity contribution in [3.63, 3.8) is 0 Å². The minimum Gasteiger partial charge on any atom is -0.496 e. The summed E-state index contributed by atoms with van der Waals surface area (Å²) in [6, 6.07) is 4.46. The normalized spacial score (nSPS) is 21.9. The molecule has 0 aliphatic carbocycles. The Bertz CT molecular complexity index is 766. The predicted octanol–water partition coefficient (Wildman–Crippen LogP) is 2.02. The van der Waals surface area contributed by atoms with Gasteiger partial charge in [-0.3, -0.25) is 4.79 Å². The molecule has 2 saturated heterocycles. The van der Waals surface area contributed by atoms with Gasteiger partial charge in [0, 0.05) is 26.2 Å². The van der Waals surface area contributed by atoms with Crippen LogP contribution in [0.2, 0.25) is 0 Å². The zero-order valence-corrected chi connectivity index (χ0v) is 16.8.